The third-order valence-electron chi connectivity index (χ3n) is 2.64. The highest BCUT2D eigenvalue weighted by Gasteiger charge is 2.02. The highest BCUT2D eigenvalue weighted by Crippen LogP contribution is 2.16. The maximum atomic E-state index is 10.8. The van der Waals surface area contributed by atoms with Gasteiger partial charge in [0.2, 0.25) is 0 Å². The van der Waals surface area contributed by atoms with Crippen molar-refractivity contribution in [1.82, 2.24) is 0 Å². The van der Waals surface area contributed by atoms with Crippen LogP contribution >= 0.6 is 0 Å². The van der Waals surface area contributed by atoms with Crippen LogP contribution in [0.15, 0.2) is 59.6 Å². The van der Waals surface area contributed by atoms with Crippen molar-refractivity contribution in [3.8, 4) is 6.07 Å². The minimum Gasteiger partial charge on any atom is -0.303 e. The predicted molar refractivity (Wildman–Crippen MR) is 74.5 cm³/mol. The van der Waals surface area contributed by atoms with Crippen molar-refractivity contribution in [1.29, 1.82) is 5.26 Å². The Hall–Kier alpha value is -2.73. The SMILES string of the molecule is N#Cc1ccc(N=C(CC=O)c2ccccc2)cc1. The molecular weight excluding hydrogens is 236 g/mol. The van der Waals surface area contributed by atoms with E-state index in [9.17, 15) is 4.79 Å². The van der Waals surface area contributed by atoms with Crippen LogP contribution in [0.5, 0.6) is 0 Å². The van der Waals surface area contributed by atoms with E-state index in [4.69, 9.17) is 5.26 Å². The molecule has 19 heavy (non-hydrogen) atoms. The Morgan fingerprint density at radius 2 is 1.79 bits per heavy atom. The Bertz CT molecular complexity index is 622. The van der Waals surface area contributed by atoms with Crippen LogP contribution in [0.1, 0.15) is 17.5 Å². The summed E-state index contributed by atoms with van der Waals surface area (Å²) in [5.41, 5.74) is 2.98. The molecule has 0 amide bonds. The molecule has 0 bridgehead atoms. The Kier molecular flexibility index (Phi) is 4.20. The van der Waals surface area contributed by atoms with E-state index in [1.54, 1.807) is 24.3 Å². The molecule has 0 saturated carbocycles. The lowest BCUT2D eigenvalue weighted by molar-refractivity contribution is -0.106. The van der Waals surface area contributed by atoms with E-state index in [2.05, 4.69) is 11.1 Å². The third kappa shape index (κ3) is 3.36. The third-order valence-corrected chi connectivity index (χ3v) is 2.64. The van der Waals surface area contributed by atoms with E-state index in [1.807, 2.05) is 30.3 Å². The Morgan fingerprint density at radius 1 is 1.11 bits per heavy atom. The molecule has 0 aliphatic heterocycles. The number of benzene rings is 2. The average molecular weight is 248 g/mol. The molecule has 0 aliphatic rings. The largest absolute Gasteiger partial charge is 0.303 e. The zero-order valence-corrected chi connectivity index (χ0v) is 10.3. The molecule has 0 aromatic heterocycles. The number of carbonyl (C=O) groups excluding carboxylic acids is 1. The van der Waals surface area contributed by atoms with Gasteiger partial charge in [0.25, 0.3) is 0 Å². The molecule has 92 valence electrons. The highest BCUT2D eigenvalue weighted by molar-refractivity contribution is 6.07. The summed E-state index contributed by atoms with van der Waals surface area (Å²) in [6, 6.07) is 18.6. The molecule has 0 fully saturated rings. The van der Waals surface area contributed by atoms with Crippen molar-refractivity contribution in [2.24, 2.45) is 4.99 Å². The standard InChI is InChI=1S/C16H12N2O/c17-12-13-6-8-15(9-7-13)18-16(10-11-19)14-4-2-1-3-5-14/h1-9,11H,10H2. The van der Waals surface area contributed by atoms with Gasteiger partial charge in [0, 0.05) is 6.42 Å². The van der Waals surface area contributed by atoms with Crippen LogP contribution in [0, 0.1) is 11.3 Å². The number of nitrogens with zero attached hydrogens (tertiary/aromatic N) is 2. The monoisotopic (exact) mass is 248 g/mol. The number of rotatable bonds is 4. The molecule has 2 aromatic rings. The van der Waals surface area contributed by atoms with E-state index in [1.165, 1.54) is 0 Å². The van der Waals surface area contributed by atoms with Crippen LogP contribution in [0.3, 0.4) is 0 Å². The number of aliphatic imine (C=N–C) groups is 1. The van der Waals surface area contributed by atoms with E-state index in [0.29, 0.717) is 5.56 Å². The first-order chi connectivity index (χ1) is 9.33. The van der Waals surface area contributed by atoms with Gasteiger partial charge in [0.05, 0.1) is 23.0 Å². The molecule has 3 heteroatoms. The van der Waals surface area contributed by atoms with E-state index in [-0.39, 0.29) is 6.42 Å². The van der Waals surface area contributed by atoms with Crippen molar-refractivity contribution < 1.29 is 4.79 Å². The molecule has 0 spiro atoms. The zero-order chi connectivity index (χ0) is 13.5. The van der Waals surface area contributed by atoms with Crippen LogP contribution in [0.2, 0.25) is 0 Å². The van der Waals surface area contributed by atoms with Crippen LogP contribution in [0.25, 0.3) is 0 Å². The van der Waals surface area contributed by atoms with Gasteiger partial charge in [-0.25, -0.2) is 0 Å². The van der Waals surface area contributed by atoms with Crippen LogP contribution < -0.4 is 0 Å². The lowest BCUT2D eigenvalue weighted by Crippen LogP contribution is -2.00. The second-order valence-corrected chi connectivity index (χ2v) is 3.95. The quantitative estimate of drug-likeness (QED) is 0.616. The fourth-order valence-corrected chi connectivity index (χ4v) is 1.70. The summed E-state index contributed by atoms with van der Waals surface area (Å²) in [5.74, 6) is 0. The molecule has 0 N–H and O–H groups in total. The molecule has 0 unspecified atom stereocenters. The first kappa shape index (κ1) is 12.7. The molecule has 0 atom stereocenters. The molecule has 2 aromatic carbocycles. The van der Waals surface area contributed by atoms with E-state index < -0.39 is 0 Å². The molecular formula is C16H12N2O. The number of nitriles is 1. The zero-order valence-electron chi connectivity index (χ0n) is 10.3. The van der Waals surface area contributed by atoms with E-state index in [0.717, 1.165) is 23.2 Å². The molecule has 0 radical (unpaired) electrons. The molecule has 0 aliphatic carbocycles. The van der Waals surface area contributed by atoms with Crippen molar-refractivity contribution in [2.45, 2.75) is 6.42 Å². The van der Waals surface area contributed by atoms with Gasteiger partial charge in [0.15, 0.2) is 0 Å². The molecule has 0 saturated heterocycles. The Labute approximate surface area is 111 Å². The summed E-state index contributed by atoms with van der Waals surface area (Å²) in [4.78, 5) is 15.2. The number of aldehydes is 1. The summed E-state index contributed by atoms with van der Waals surface area (Å²) in [6.45, 7) is 0. The lowest BCUT2D eigenvalue weighted by Gasteiger charge is -2.03. The second-order valence-electron chi connectivity index (χ2n) is 3.95. The smallest absolute Gasteiger partial charge is 0.125 e. The number of carbonyl (C=O) groups is 1. The molecule has 0 heterocycles. The highest BCUT2D eigenvalue weighted by atomic mass is 16.1. The maximum Gasteiger partial charge on any atom is 0.125 e. The average Bonchev–Trinajstić information content (AvgIpc) is 2.48. The Morgan fingerprint density at radius 3 is 2.37 bits per heavy atom. The van der Waals surface area contributed by atoms with Crippen LogP contribution in [-0.2, 0) is 4.79 Å². The van der Waals surface area contributed by atoms with Gasteiger partial charge >= 0.3 is 0 Å². The van der Waals surface area contributed by atoms with E-state index >= 15 is 0 Å². The molecule has 3 nitrogen and oxygen atoms in total. The van der Waals surface area contributed by atoms with Gasteiger partial charge in [-0.2, -0.15) is 5.26 Å². The number of hydrogen-bond acceptors (Lipinski definition) is 3. The maximum absolute atomic E-state index is 10.8. The minimum atomic E-state index is 0.268. The summed E-state index contributed by atoms with van der Waals surface area (Å²) >= 11 is 0. The predicted octanol–water partition coefficient (Wildman–Crippen LogP) is 3.27. The van der Waals surface area contributed by atoms with Crippen LogP contribution in [-0.4, -0.2) is 12.0 Å². The van der Waals surface area contributed by atoms with Gasteiger partial charge in [-0.1, -0.05) is 30.3 Å². The van der Waals surface area contributed by atoms with Crippen molar-refractivity contribution in [3.05, 3.63) is 65.7 Å². The second kappa shape index (κ2) is 6.27. The first-order valence-corrected chi connectivity index (χ1v) is 5.90. The van der Waals surface area contributed by atoms with Gasteiger partial charge in [-0.15, -0.1) is 0 Å². The first-order valence-electron chi connectivity index (χ1n) is 5.90. The number of hydrogen-bond donors (Lipinski definition) is 0. The van der Waals surface area contributed by atoms with Crippen LogP contribution in [0.4, 0.5) is 5.69 Å². The summed E-state index contributed by atoms with van der Waals surface area (Å²) in [7, 11) is 0. The van der Waals surface area contributed by atoms with Crippen molar-refractivity contribution in [2.75, 3.05) is 0 Å². The van der Waals surface area contributed by atoms with Crippen molar-refractivity contribution in [3.63, 3.8) is 0 Å². The summed E-state index contributed by atoms with van der Waals surface area (Å²) in [6.07, 6.45) is 1.11. The minimum absolute atomic E-state index is 0.268. The summed E-state index contributed by atoms with van der Waals surface area (Å²) < 4.78 is 0. The Balaban J connectivity index is 2.35. The van der Waals surface area contributed by atoms with Gasteiger partial charge in [-0.3, -0.25) is 4.99 Å². The fourth-order valence-electron chi connectivity index (χ4n) is 1.70. The van der Waals surface area contributed by atoms with Gasteiger partial charge in [0.1, 0.15) is 6.29 Å². The lowest BCUT2D eigenvalue weighted by atomic mass is 10.1. The normalized spacial score (nSPS) is 10.8. The van der Waals surface area contributed by atoms with Gasteiger partial charge < -0.3 is 4.79 Å². The fraction of sp³-hybridized carbons (Fsp3) is 0.0625. The summed E-state index contributed by atoms with van der Waals surface area (Å²) in [5, 5.41) is 8.74. The van der Waals surface area contributed by atoms with Crippen molar-refractivity contribution >= 4 is 17.7 Å². The molecule has 2 rings (SSSR count). The topological polar surface area (TPSA) is 53.2 Å². The van der Waals surface area contributed by atoms with Gasteiger partial charge in [-0.05, 0) is 29.8 Å².